The molecule has 1 aliphatic carbocycles. The van der Waals surface area contributed by atoms with E-state index in [1.807, 2.05) is 25.1 Å². The van der Waals surface area contributed by atoms with Crippen LogP contribution in [0.25, 0.3) is 22.3 Å². The van der Waals surface area contributed by atoms with E-state index in [2.05, 4.69) is 26.6 Å². The summed E-state index contributed by atoms with van der Waals surface area (Å²) in [6, 6.07) is 8.00. The number of nitrogens with one attached hydrogen (secondary N) is 3. The second-order valence-corrected chi connectivity index (χ2v) is 6.52. The van der Waals surface area contributed by atoms with Crippen LogP contribution in [0.15, 0.2) is 24.3 Å². The van der Waals surface area contributed by atoms with Gasteiger partial charge in [0.2, 0.25) is 5.91 Å². The molecule has 0 saturated carbocycles. The molecule has 3 N–H and O–H groups in total. The summed E-state index contributed by atoms with van der Waals surface area (Å²) >= 11 is 0. The first-order chi connectivity index (χ1) is 12.2. The molecule has 25 heavy (non-hydrogen) atoms. The van der Waals surface area contributed by atoms with Gasteiger partial charge in [-0.2, -0.15) is 5.10 Å². The van der Waals surface area contributed by atoms with Crippen LogP contribution >= 0.6 is 0 Å². The maximum absolute atomic E-state index is 11.6. The number of rotatable bonds is 4. The summed E-state index contributed by atoms with van der Waals surface area (Å²) in [7, 11) is 1.77. The maximum Gasteiger partial charge on any atom is 0.224 e. The smallest absolute Gasteiger partial charge is 0.224 e. The van der Waals surface area contributed by atoms with Gasteiger partial charge in [-0.15, -0.1) is 0 Å². The third-order valence-electron chi connectivity index (χ3n) is 4.92. The summed E-state index contributed by atoms with van der Waals surface area (Å²) in [6.45, 7) is 1.84. The molecule has 2 heterocycles. The molecule has 0 aliphatic heterocycles. The molecule has 0 saturated heterocycles. The molecular weight excluding hydrogens is 316 g/mol. The van der Waals surface area contributed by atoms with E-state index in [4.69, 9.17) is 4.74 Å². The van der Waals surface area contributed by atoms with Crippen molar-refractivity contribution in [3.05, 3.63) is 35.5 Å². The molecule has 0 spiro atoms. The molecule has 0 radical (unpaired) electrons. The third kappa shape index (κ3) is 2.93. The van der Waals surface area contributed by atoms with Gasteiger partial charge in [0.1, 0.15) is 5.69 Å². The van der Waals surface area contributed by atoms with Crippen molar-refractivity contribution in [1.29, 1.82) is 0 Å². The fourth-order valence-corrected chi connectivity index (χ4v) is 3.47. The fraction of sp³-hybridized carbons (Fsp3) is 0.368. The van der Waals surface area contributed by atoms with Gasteiger partial charge in [0, 0.05) is 47.8 Å². The van der Waals surface area contributed by atoms with Crippen molar-refractivity contribution in [3.8, 4) is 11.4 Å². The van der Waals surface area contributed by atoms with Gasteiger partial charge in [-0.1, -0.05) is 13.0 Å². The van der Waals surface area contributed by atoms with Gasteiger partial charge in [0.25, 0.3) is 0 Å². The number of aromatic amines is 2. The molecule has 1 aromatic carbocycles. The summed E-state index contributed by atoms with van der Waals surface area (Å²) < 4.78 is 5.54. The molecule has 6 nitrogen and oxygen atoms in total. The van der Waals surface area contributed by atoms with Gasteiger partial charge in [-0.05, 0) is 31.0 Å². The summed E-state index contributed by atoms with van der Waals surface area (Å²) in [5.74, 6) is 0.0121. The fourth-order valence-electron chi connectivity index (χ4n) is 3.47. The van der Waals surface area contributed by atoms with Gasteiger partial charge in [0.05, 0.1) is 11.8 Å². The second-order valence-electron chi connectivity index (χ2n) is 6.52. The molecule has 1 amide bonds. The number of fused-ring (bicyclic) bond motifs is 2. The number of anilines is 1. The number of methoxy groups -OCH3 is 1. The molecule has 0 bridgehead atoms. The largest absolute Gasteiger partial charge is 0.381 e. The number of aryl methyl sites for hydroxylation is 1. The van der Waals surface area contributed by atoms with Gasteiger partial charge >= 0.3 is 0 Å². The SMILES string of the molecule is CCC(=O)Nc1ccc2cc(-c3n[nH]c4c3CC(OC)CC4)[nH]c2c1. The number of aromatic nitrogens is 3. The number of benzene rings is 1. The first-order valence-electron chi connectivity index (χ1n) is 8.69. The first-order valence-corrected chi connectivity index (χ1v) is 8.69. The number of ether oxygens (including phenoxy) is 1. The van der Waals surface area contributed by atoms with Crippen LogP contribution in [-0.4, -0.2) is 34.3 Å². The van der Waals surface area contributed by atoms with Gasteiger partial charge in [-0.3, -0.25) is 9.89 Å². The molecule has 1 unspecified atom stereocenters. The number of H-pyrrole nitrogens is 2. The lowest BCUT2D eigenvalue weighted by molar-refractivity contribution is -0.115. The number of carbonyl (C=O) groups is 1. The number of amides is 1. The zero-order valence-corrected chi connectivity index (χ0v) is 14.5. The molecule has 0 fully saturated rings. The van der Waals surface area contributed by atoms with Crippen LogP contribution in [0.2, 0.25) is 0 Å². The highest BCUT2D eigenvalue weighted by molar-refractivity contribution is 5.94. The normalized spacial score (nSPS) is 16.8. The average molecular weight is 338 g/mol. The van der Waals surface area contributed by atoms with E-state index in [0.717, 1.165) is 47.2 Å². The van der Waals surface area contributed by atoms with E-state index in [0.29, 0.717) is 6.42 Å². The predicted octanol–water partition coefficient (Wildman–Crippen LogP) is 3.41. The van der Waals surface area contributed by atoms with E-state index >= 15 is 0 Å². The van der Waals surface area contributed by atoms with Crippen LogP contribution < -0.4 is 5.32 Å². The van der Waals surface area contributed by atoms with E-state index in [1.54, 1.807) is 7.11 Å². The Labute approximate surface area is 146 Å². The number of carbonyl (C=O) groups excluding carboxylic acids is 1. The second kappa shape index (κ2) is 6.37. The Morgan fingerprint density at radius 2 is 2.28 bits per heavy atom. The first kappa shape index (κ1) is 15.9. The summed E-state index contributed by atoms with van der Waals surface area (Å²) in [5, 5.41) is 11.7. The minimum absolute atomic E-state index is 0.0121. The van der Waals surface area contributed by atoms with Crippen molar-refractivity contribution in [1.82, 2.24) is 15.2 Å². The van der Waals surface area contributed by atoms with Crippen LogP contribution in [-0.2, 0) is 22.4 Å². The Hall–Kier alpha value is -2.60. The zero-order valence-electron chi connectivity index (χ0n) is 14.5. The van der Waals surface area contributed by atoms with E-state index in [1.165, 1.54) is 11.3 Å². The molecule has 130 valence electrons. The minimum Gasteiger partial charge on any atom is -0.381 e. The van der Waals surface area contributed by atoms with Crippen LogP contribution in [0.1, 0.15) is 31.0 Å². The predicted molar refractivity (Wildman–Crippen MR) is 97.6 cm³/mol. The lowest BCUT2D eigenvalue weighted by atomic mass is 9.92. The Bertz CT molecular complexity index is 925. The minimum atomic E-state index is 0.0121. The van der Waals surface area contributed by atoms with Gasteiger partial charge in [0.15, 0.2) is 0 Å². The van der Waals surface area contributed by atoms with E-state index in [9.17, 15) is 4.79 Å². The van der Waals surface area contributed by atoms with Gasteiger partial charge in [-0.25, -0.2) is 0 Å². The number of nitrogens with zero attached hydrogens (tertiary/aromatic N) is 1. The number of hydrogen-bond acceptors (Lipinski definition) is 3. The van der Waals surface area contributed by atoms with Crippen molar-refractivity contribution in [2.45, 2.75) is 38.7 Å². The monoisotopic (exact) mass is 338 g/mol. The van der Waals surface area contributed by atoms with Crippen LogP contribution in [0.3, 0.4) is 0 Å². The van der Waals surface area contributed by atoms with Crippen molar-refractivity contribution in [2.75, 3.05) is 12.4 Å². The average Bonchev–Trinajstić information content (AvgIpc) is 3.23. The van der Waals surface area contributed by atoms with E-state index in [-0.39, 0.29) is 12.0 Å². The van der Waals surface area contributed by atoms with Crippen LogP contribution in [0, 0.1) is 0 Å². The Balaban J connectivity index is 1.69. The highest BCUT2D eigenvalue weighted by Gasteiger charge is 2.24. The van der Waals surface area contributed by atoms with Crippen molar-refractivity contribution in [2.24, 2.45) is 0 Å². The molecule has 1 atom stereocenters. The standard InChI is InChI=1S/C19H22N4O2/c1-3-18(24)20-12-5-4-11-8-17(21-16(11)9-12)19-14-10-13(25-2)6-7-15(14)22-23-19/h4-5,8-9,13,21H,3,6-7,10H2,1-2H3,(H,20,24)(H,22,23). The van der Waals surface area contributed by atoms with Crippen molar-refractivity contribution >= 4 is 22.5 Å². The Kier molecular flexibility index (Phi) is 4.05. The highest BCUT2D eigenvalue weighted by atomic mass is 16.5. The molecule has 4 rings (SSSR count). The van der Waals surface area contributed by atoms with Gasteiger partial charge < -0.3 is 15.0 Å². The lowest BCUT2D eigenvalue weighted by Gasteiger charge is -2.20. The quantitative estimate of drug-likeness (QED) is 0.682. The van der Waals surface area contributed by atoms with Crippen molar-refractivity contribution < 1.29 is 9.53 Å². The molecule has 1 aliphatic rings. The highest BCUT2D eigenvalue weighted by Crippen LogP contribution is 2.32. The molecule has 6 heteroatoms. The van der Waals surface area contributed by atoms with Crippen LogP contribution in [0.5, 0.6) is 0 Å². The topological polar surface area (TPSA) is 82.8 Å². The number of hydrogen-bond donors (Lipinski definition) is 3. The molecule has 3 aromatic rings. The Morgan fingerprint density at radius 3 is 3.08 bits per heavy atom. The third-order valence-corrected chi connectivity index (χ3v) is 4.92. The maximum atomic E-state index is 11.6. The molecule has 2 aromatic heterocycles. The lowest BCUT2D eigenvalue weighted by Crippen LogP contribution is -2.20. The van der Waals surface area contributed by atoms with E-state index < -0.39 is 0 Å². The van der Waals surface area contributed by atoms with Crippen LogP contribution in [0.4, 0.5) is 5.69 Å². The van der Waals surface area contributed by atoms with Crippen molar-refractivity contribution in [3.63, 3.8) is 0 Å². The summed E-state index contributed by atoms with van der Waals surface area (Å²) in [6.07, 6.45) is 3.59. The summed E-state index contributed by atoms with van der Waals surface area (Å²) in [5.41, 5.74) is 6.19. The summed E-state index contributed by atoms with van der Waals surface area (Å²) in [4.78, 5) is 15.0. The molecular formula is C19H22N4O2. The Morgan fingerprint density at radius 1 is 1.40 bits per heavy atom. The zero-order chi connectivity index (χ0) is 17.4.